The number of ether oxygens (including phenoxy) is 1. The number of nitrogens with zero attached hydrogens (tertiary/aromatic N) is 2. The fraction of sp³-hybridized carbons (Fsp3) is 0.143. The second-order valence-electron chi connectivity index (χ2n) is 4.60. The second kappa shape index (κ2) is 5.05. The number of halogens is 1. The molecule has 5 nitrogen and oxygen atoms in total. The van der Waals surface area contributed by atoms with Crippen LogP contribution in [0.4, 0.5) is 0 Å². The Morgan fingerprint density at radius 2 is 2.05 bits per heavy atom. The number of fused-ring (bicyclic) bond motifs is 1. The van der Waals surface area contributed by atoms with Gasteiger partial charge in [-0.15, -0.1) is 11.3 Å². The molecular formula is C14H11ClN2O3S. The Labute approximate surface area is 129 Å². The van der Waals surface area contributed by atoms with E-state index >= 15 is 0 Å². The van der Waals surface area contributed by atoms with Crippen molar-refractivity contribution in [2.45, 2.75) is 13.8 Å². The third kappa shape index (κ3) is 2.36. The minimum atomic E-state index is -1.08. The molecule has 7 heteroatoms. The van der Waals surface area contributed by atoms with Crippen LogP contribution in [-0.2, 0) is 0 Å². The fourth-order valence-corrected chi connectivity index (χ4v) is 3.22. The average Bonchev–Trinajstić information content (AvgIpc) is 2.92. The molecule has 1 N–H and O–H groups in total. The first-order chi connectivity index (χ1) is 9.97. The normalized spacial score (nSPS) is 11.0. The van der Waals surface area contributed by atoms with Crippen LogP contribution in [0.15, 0.2) is 23.7 Å². The molecule has 0 saturated heterocycles. The molecule has 2 heterocycles. The van der Waals surface area contributed by atoms with Gasteiger partial charge in [-0.1, -0.05) is 11.6 Å². The van der Waals surface area contributed by atoms with Crippen molar-refractivity contribution in [2.24, 2.45) is 0 Å². The van der Waals surface area contributed by atoms with E-state index in [1.807, 2.05) is 13.8 Å². The van der Waals surface area contributed by atoms with Gasteiger partial charge >= 0.3 is 5.97 Å². The highest BCUT2D eigenvalue weighted by atomic mass is 35.5. The quantitative estimate of drug-likeness (QED) is 0.786. The number of hydrogen-bond acceptors (Lipinski definition) is 4. The molecule has 3 rings (SSSR count). The molecule has 0 unspecified atom stereocenters. The first-order valence-corrected chi connectivity index (χ1v) is 7.36. The largest absolute Gasteiger partial charge is 0.476 e. The lowest BCUT2D eigenvalue weighted by molar-refractivity contribution is 0.0686. The molecule has 0 atom stereocenters. The van der Waals surface area contributed by atoms with Crippen molar-refractivity contribution in [3.63, 3.8) is 0 Å². The molecule has 2 aromatic heterocycles. The van der Waals surface area contributed by atoms with Crippen LogP contribution in [0.25, 0.3) is 4.96 Å². The molecule has 21 heavy (non-hydrogen) atoms. The van der Waals surface area contributed by atoms with Crippen LogP contribution in [-0.4, -0.2) is 20.5 Å². The Morgan fingerprint density at radius 3 is 2.67 bits per heavy atom. The van der Waals surface area contributed by atoms with Gasteiger partial charge in [0.25, 0.3) is 5.88 Å². The van der Waals surface area contributed by atoms with Gasteiger partial charge in [0.2, 0.25) is 0 Å². The number of aromatic nitrogens is 2. The molecule has 0 aliphatic rings. The number of carbonyl (C=O) groups is 1. The maximum atomic E-state index is 11.5. The molecule has 108 valence electrons. The van der Waals surface area contributed by atoms with Gasteiger partial charge in [-0.3, -0.25) is 4.40 Å². The lowest BCUT2D eigenvalue weighted by atomic mass is 10.1. The minimum absolute atomic E-state index is 0.0139. The van der Waals surface area contributed by atoms with E-state index in [0.29, 0.717) is 15.7 Å². The van der Waals surface area contributed by atoms with Crippen molar-refractivity contribution in [3.8, 4) is 11.6 Å². The molecule has 0 aliphatic heterocycles. The SMILES string of the molecule is Cc1cc(Cl)cc(C)c1Oc1nc2sccn2c1C(=O)O. The molecule has 0 amide bonds. The monoisotopic (exact) mass is 322 g/mol. The lowest BCUT2D eigenvalue weighted by Gasteiger charge is -2.10. The molecule has 0 bridgehead atoms. The number of hydrogen-bond donors (Lipinski definition) is 1. The number of aryl methyl sites for hydroxylation is 2. The van der Waals surface area contributed by atoms with Gasteiger partial charge in [0, 0.05) is 16.6 Å². The van der Waals surface area contributed by atoms with Crippen LogP contribution in [0.3, 0.4) is 0 Å². The number of aromatic carboxylic acids is 1. The summed E-state index contributed by atoms with van der Waals surface area (Å²) < 4.78 is 7.27. The van der Waals surface area contributed by atoms with Crippen molar-refractivity contribution in [1.82, 2.24) is 9.38 Å². The number of carboxylic acids is 1. The van der Waals surface area contributed by atoms with Crippen molar-refractivity contribution < 1.29 is 14.6 Å². The third-order valence-electron chi connectivity index (χ3n) is 3.06. The van der Waals surface area contributed by atoms with E-state index in [-0.39, 0.29) is 11.6 Å². The van der Waals surface area contributed by atoms with Gasteiger partial charge in [-0.25, -0.2) is 4.79 Å². The lowest BCUT2D eigenvalue weighted by Crippen LogP contribution is -2.03. The zero-order valence-electron chi connectivity index (χ0n) is 11.3. The van der Waals surface area contributed by atoms with Gasteiger partial charge < -0.3 is 9.84 Å². The van der Waals surface area contributed by atoms with E-state index in [2.05, 4.69) is 4.98 Å². The summed E-state index contributed by atoms with van der Waals surface area (Å²) in [5.41, 5.74) is 1.67. The van der Waals surface area contributed by atoms with Crippen LogP contribution >= 0.6 is 22.9 Å². The average molecular weight is 323 g/mol. The fourth-order valence-electron chi connectivity index (χ4n) is 2.19. The zero-order valence-corrected chi connectivity index (χ0v) is 12.8. The molecule has 0 saturated carbocycles. The standard InChI is InChI=1S/C14H11ClN2O3S/c1-7-5-9(15)6-8(2)11(7)20-12-10(13(18)19)17-3-4-21-14(17)16-12/h3-6H,1-2H3,(H,18,19). The predicted octanol–water partition coefficient (Wildman–Crippen LogP) is 4.16. The van der Waals surface area contributed by atoms with Crippen LogP contribution in [0, 0.1) is 13.8 Å². The van der Waals surface area contributed by atoms with Crippen molar-refractivity contribution >= 4 is 33.9 Å². The highest BCUT2D eigenvalue weighted by Crippen LogP contribution is 2.33. The van der Waals surface area contributed by atoms with Gasteiger partial charge in [-0.05, 0) is 37.1 Å². The van der Waals surface area contributed by atoms with Gasteiger partial charge in [-0.2, -0.15) is 4.98 Å². The summed E-state index contributed by atoms with van der Waals surface area (Å²) in [7, 11) is 0. The maximum Gasteiger partial charge on any atom is 0.358 e. The van der Waals surface area contributed by atoms with Crippen LogP contribution < -0.4 is 4.74 Å². The van der Waals surface area contributed by atoms with Gasteiger partial charge in [0.1, 0.15) is 5.75 Å². The molecule has 1 aromatic carbocycles. The summed E-state index contributed by atoms with van der Waals surface area (Å²) in [4.78, 5) is 16.3. The zero-order chi connectivity index (χ0) is 15.1. The van der Waals surface area contributed by atoms with Gasteiger partial charge in [0.05, 0.1) is 0 Å². The van der Waals surface area contributed by atoms with Crippen LogP contribution in [0.2, 0.25) is 5.02 Å². The third-order valence-corrected chi connectivity index (χ3v) is 4.03. The Balaban J connectivity index is 2.12. The van der Waals surface area contributed by atoms with Gasteiger partial charge in [0.15, 0.2) is 10.7 Å². The number of rotatable bonds is 3. The Hall–Kier alpha value is -2.05. The minimum Gasteiger partial charge on any atom is -0.476 e. The maximum absolute atomic E-state index is 11.5. The Bertz CT molecular complexity index is 830. The highest BCUT2D eigenvalue weighted by molar-refractivity contribution is 7.15. The van der Waals surface area contributed by atoms with Crippen LogP contribution in [0.5, 0.6) is 11.6 Å². The molecule has 3 aromatic rings. The van der Waals surface area contributed by atoms with E-state index in [1.165, 1.54) is 15.7 Å². The van der Waals surface area contributed by atoms with E-state index in [9.17, 15) is 9.90 Å². The number of imidazole rings is 1. The van der Waals surface area contributed by atoms with E-state index < -0.39 is 5.97 Å². The summed E-state index contributed by atoms with van der Waals surface area (Å²) in [6.07, 6.45) is 1.66. The first kappa shape index (κ1) is 13.9. The molecule has 0 radical (unpaired) electrons. The smallest absolute Gasteiger partial charge is 0.358 e. The second-order valence-corrected chi connectivity index (χ2v) is 5.91. The van der Waals surface area contributed by atoms with Crippen molar-refractivity contribution in [1.29, 1.82) is 0 Å². The van der Waals surface area contributed by atoms with Crippen molar-refractivity contribution in [2.75, 3.05) is 0 Å². The number of thiazole rings is 1. The molecular weight excluding hydrogens is 312 g/mol. The number of benzene rings is 1. The summed E-state index contributed by atoms with van der Waals surface area (Å²) in [6.45, 7) is 3.71. The predicted molar refractivity (Wildman–Crippen MR) is 81.0 cm³/mol. The summed E-state index contributed by atoms with van der Waals surface area (Å²) in [6, 6.07) is 3.53. The van der Waals surface area contributed by atoms with E-state index in [0.717, 1.165) is 11.1 Å². The summed E-state index contributed by atoms with van der Waals surface area (Å²) in [5, 5.41) is 11.8. The number of carboxylic acid groups (broad SMARTS) is 1. The molecule has 0 aliphatic carbocycles. The Morgan fingerprint density at radius 1 is 1.38 bits per heavy atom. The van der Waals surface area contributed by atoms with E-state index in [1.54, 1.807) is 23.7 Å². The Kier molecular flexibility index (Phi) is 3.35. The summed E-state index contributed by atoms with van der Waals surface area (Å²) in [5.74, 6) is -0.421. The first-order valence-electron chi connectivity index (χ1n) is 6.11. The molecule has 0 spiro atoms. The van der Waals surface area contributed by atoms with Crippen LogP contribution in [0.1, 0.15) is 21.6 Å². The summed E-state index contributed by atoms with van der Waals surface area (Å²) >= 11 is 7.33. The highest BCUT2D eigenvalue weighted by Gasteiger charge is 2.22. The van der Waals surface area contributed by atoms with E-state index in [4.69, 9.17) is 16.3 Å². The topological polar surface area (TPSA) is 63.8 Å². The molecule has 0 fully saturated rings. The van der Waals surface area contributed by atoms with Crippen molar-refractivity contribution in [3.05, 3.63) is 45.6 Å².